The number of amides is 1. The van der Waals surface area contributed by atoms with Crippen LogP contribution in [0.4, 0.5) is 0 Å². The van der Waals surface area contributed by atoms with Crippen molar-refractivity contribution in [2.75, 3.05) is 6.54 Å². The van der Waals surface area contributed by atoms with Crippen LogP contribution in [0.25, 0.3) is 10.9 Å². The van der Waals surface area contributed by atoms with E-state index in [9.17, 15) is 9.59 Å². The minimum absolute atomic E-state index is 0.113. The number of hydrogen-bond acceptors (Lipinski definition) is 4. The molecule has 4 rings (SSSR count). The van der Waals surface area contributed by atoms with Gasteiger partial charge in [-0.1, -0.05) is 18.2 Å². The van der Waals surface area contributed by atoms with Crippen molar-refractivity contribution in [3.8, 4) is 11.5 Å². The van der Waals surface area contributed by atoms with Crippen LogP contribution in [0.15, 0.2) is 30.3 Å². The van der Waals surface area contributed by atoms with E-state index in [0.29, 0.717) is 25.1 Å². The number of fused-ring (bicyclic) bond motifs is 2. The first-order chi connectivity index (χ1) is 15.2. The fourth-order valence-corrected chi connectivity index (χ4v) is 4.46. The Kier molecular flexibility index (Phi) is 5.71. The summed E-state index contributed by atoms with van der Waals surface area (Å²) in [4.78, 5) is 28.0. The van der Waals surface area contributed by atoms with Gasteiger partial charge in [0.15, 0.2) is 5.60 Å². The van der Waals surface area contributed by atoms with Crippen molar-refractivity contribution in [2.45, 2.75) is 59.5 Å². The van der Waals surface area contributed by atoms with Crippen molar-refractivity contribution in [1.82, 2.24) is 10.3 Å². The third-order valence-electron chi connectivity index (χ3n) is 6.48. The van der Waals surface area contributed by atoms with E-state index in [2.05, 4.69) is 22.4 Å². The first-order valence-corrected chi connectivity index (χ1v) is 11.0. The Balaban J connectivity index is 1.47. The average Bonchev–Trinajstić information content (AvgIpc) is 3.17. The van der Waals surface area contributed by atoms with Crippen LogP contribution in [0, 0.1) is 20.8 Å². The van der Waals surface area contributed by atoms with E-state index in [1.54, 1.807) is 0 Å². The molecule has 1 atom stereocenters. The number of nitrogens with one attached hydrogen (secondary N) is 2. The predicted octanol–water partition coefficient (Wildman–Crippen LogP) is 4.46. The fourth-order valence-electron chi connectivity index (χ4n) is 4.46. The van der Waals surface area contributed by atoms with Crippen molar-refractivity contribution in [3.05, 3.63) is 58.3 Å². The second kappa shape index (κ2) is 8.34. The number of hydrogen-bond donors (Lipinski definition) is 2. The lowest BCUT2D eigenvalue weighted by Crippen LogP contribution is -2.51. The highest BCUT2D eigenvalue weighted by Crippen LogP contribution is 2.43. The van der Waals surface area contributed by atoms with Gasteiger partial charge in [0.25, 0.3) is 5.91 Å². The van der Waals surface area contributed by atoms with Crippen LogP contribution in [-0.2, 0) is 22.4 Å². The van der Waals surface area contributed by atoms with Crippen LogP contribution in [0.1, 0.15) is 48.2 Å². The van der Waals surface area contributed by atoms with Crippen LogP contribution < -0.4 is 14.8 Å². The van der Waals surface area contributed by atoms with Crippen molar-refractivity contribution < 1.29 is 19.1 Å². The Morgan fingerprint density at radius 3 is 2.62 bits per heavy atom. The number of carbonyl (C=O) groups excluding carboxylic acids is 2. The van der Waals surface area contributed by atoms with Crippen LogP contribution in [-0.4, -0.2) is 29.0 Å². The van der Waals surface area contributed by atoms with Crippen LogP contribution in [0.5, 0.6) is 11.5 Å². The van der Waals surface area contributed by atoms with Gasteiger partial charge in [0.05, 0.1) is 0 Å². The normalized spacial score (nSPS) is 17.5. The van der Waals surface area contributed by atoms with Gasteiger partial charge in [0.2, 0.25) is 0 Å². The van der Waals surface area contributed by atoms with Crippen molar-refractivity contribution in [2.24, 2.45) is 0 Å². The smallest absolute Gasteiger partial charge is 0.308 e. The van der Waals surface area contributed by atoms with E-state index >= 15 is 0 Å². The molecule has 0 bridgehead atoms. The molecule has 168 valence electrons. The lowest BCUT2D eigenvalue weighted by atomic mass is 9.86. The lowest BCUT2D eigenvalue weighted by molar-refractivity contribution is -0.136. The predicted molar refractivity (Wildman–Crippen MR) is 124 cm³/mol. The molecule has 0 aliphatic carbocycles. The first kappa shape index (κ1) is 21.9. The molecule has 1 aliphatic heterocycles. The summed E-state index contributed by atoms with van der Waals surface area (Å²) in [6.45, 7) is 9.58. The molecular weight excluding hydrogens is 404 g/mol. The Hall–Kier alpha value is -3.28. The summed E-state index contributed by atoms with van der Waals surface area (Å²) in [6, 6.07) is 10.3. The van der Waals surface area contributed by atoms with Crippen LogP contribution >= 0.6 is 0 Å². The Morgan fingerprint density at radius 1 is 1.16 bits per heavy atom. The Bertz CT molecular complexity index is 1180. The van der Waals surface area contributed by atoms with E-state index in [-0.39, 0.29) is 11.9 Å². The van der Waals surface area contributed by atoms with Crippen LogP contribution in [0.2, 0.25) is 0 Å². The SMILES string of the molecule is CC(=O)Oc1c(C)c(C)c2c(c1C)CCC(C)(C(=O)NCCc1cc3ccccc3[nH]1)O2. The number of rotatable bonds is 5. The molecule has 2 N–H and O–H groups in total. The second-order valence-corrected chi connectivity index (χ2v) is 8.83. The second-order valence-electron chi connectivity index (χ2n) is 8.83. The highest BCUT2D eigenvalue weighted by atomic mass is 16.5. The van der Waals surface area contributed by atoms with E-state index in [1.165, 1.54) is 12.3 Å². The molecular formula is C26H30N2O4. The summed E-state index contributed by atoms with van der Waals surface area (Å²) >= 11 is 0. The minimum atomic E-state index is -0.944. The third-order valence-corrected chi connectivity index (χ3v) is 6.48. The zero-order valence-corrected chi connectivity index (χ0v) is 19.3. The topological polar surface area (TPSA) is 80.4 Å². The maximum atomic E-state index is 13.1. The van der Waals surface area contributed by atoms with Gasteiger partial charge in [0.1, 0.15) is 11.5 Å². The molecule has 2 aromatic carbocycles. The standard InChI is InChI=1S/C26H30N2O4/c1-15-16(2)24-21(17(3)23(15)31-18(4)29)10-12-26(5,32-24)25(30)27-13-11-20-14-19-8-6-7-9-22(19)28-20/h6-9,14,28H,10-13H2,1-5H3,(H,27,30). The molecule has 0 saturated carbocycles. The number of ether oxygens (including phenoxy) is 2. The van der Waals surface area contributed by atoms with Gasteiger partial charge in [-0.15, -0.1) is 0 Å². The number of aromatic amines is 1. The zero-order chi connectivity index (χ0) is 23.0. The Morgan fingerprint density at radius 2 is 1.91 bits per heavy atom. The number of carbonyl (C=O) groups is 2. The van der Waals surface area contributed by atoms with Gasteiger partial charge >= 0.3 is 5.97 Å². The molecule has 6 nitrogen and oxygen atoms in total. The zero-order valence-electron chi connectivity index (χ0n) is 19.3. The minimum Gasteiger partial charge on any atom is -0.477 e. The summed E-state index contributed by atoms with van der Waals surface area (Å²) in [6.07, 6.45) is 1.96. The highest BCUT2D eigenvalue weighted by molar-refractivity contribution is 5.86. The Labute approximate surface area is 188 Å². The molecule has 1 aliphatic rings. The largest absolute Gasteiger partial charge is 0.477 e. The van der Waals surface area contributed by atoms with E-state index in [0.717, 1.165) is 45.6 Å². The van der Waals surface area contributed by atoms with Crippen molar-refractivity contribution in [1.29, 1.82) is 0 Å². The number of benzene rings is 2. The van der Waals surface area contributed by atoms with Gasteiger partial charge in [-0.3, -0.25) is 9.59 Å². The van der Waals surface area contributed by atoms with E-state index in [4.69, 9.17) is 9.47 Å². The molecule has 1 unspecified atom stereocenters. The molecule has 1 amide bonds. The molecule has 1 aromatic heterocycles. The van der Waals surface area contributed by atoms with E-state index < -0.39 is 5.60 Å². The highest BCUT2D eigenvalue weighted by Gasteiger charge is 2.40. The molecule has 6 heteroatoms. The number of esters is 1. The molecule has 0 fully saturated rings. The van der Waals surface area contributed by atoms with Gasteiger partial charge in [0, 0.05) is 43.1 Å². The van der Waals surface area contributed by atoms with Gasteiger partial charge in [-0.25, -0.2) is 0 Å². The third kappa shape index (κ3) is 3.97. The summed E-state index contributed by atoms with van der Waals surface area (Å²) in [5.74, 6) is 0.878. The monoisotopic (exact) mass is 434 g/mol. The van der Waals surface area contributed by atoms with Gasteiger partial charge in [-0.05, 0) is 68.3 Å². The maximum Gasteiger partial charge on any atom is 0.308 e. The molecule has 0 spiro atoms. The molecule has 0 saturated heterocycles. The maximum absolute atomic E-state index is 13.1. The fraction of sp³-hybridized carbons (Fsp3) is 0.385. The van der Waals surface area contributed by atoms with Gasteiger partial charge < -0.3 is 19.8 Å². The lowest BCUT2D eigenvalue weighted by Gasteiger charge is -2.36. The van der Waals surface area contributed by atoms with E-state index in [1.807, 2.05) is 45.9 Å². The summed E-state index contributed by atoms with van der Waals surface area (Å²) < 4.78 is 11.8. The summed E-state index contributed by atoms with van der Waals surface area (Å²) in [5.41, 5.74) is 4.92. The van der Waals surface area contributed by atoms with Crippen molar-refractivity contribution >= 4 is 22.8 Å². The number of aromatic nitrogens is 1. The van der Waals surface area contributed by atoms with Crippen LogP contribution in [0.3, 0.4) is 0 Å². The quantitative estimate of drug-likeness (QED) is 0.459. The molecule has 0 radical (unpaired) electrons. The van der Waals surface area contributed by atoms with Gasteiger partial charge in [-0.2, -0.15) is 0 Å². The molecule has 2 heterocycles. The number of H-pyrrole nitrogens is 1. The molecule has 3 aromatic rings. The summed E-state index contributed by atoms with van der Waals surface area (Å²) in [5, 5.41) is 4.22. The number of para-hydroxylation sites is 1. The summed E-state index contributed by atoms with van der Waals surface area (Å²) in [7, 11) is 0. The first-order valence-electron chi connectivity index (χ1n) is 11.0. The van der Waals surface area contributed by atoms with Crippen molar-refractivity contribution in [3.63, 3.8) is 0 Å². The average molecular weight is 435 g/mol. The molecule has 32 heavy (non-hydrogen) atoms.